The summed E-state index contributed by atoms with van der Waals surface area (Å²) in [5.74, 6) is 1.80. The first kappa shape index (κ1) is 11.4. The predicted octanol–water partition coefficient (Wildman–Crippen LogP) is 2.24. The zero-order valence-electron chi connectivity index (χ0n) is 10.1. The van der Waals surface area contributed by atoms with Crippen LogP contribution in [0.2, 0.25) is 0 Å². The fourth-order valence-electron chi connectivity index (χ4n) is 3.35. The normalized spacial score (nSPS) is 34.0. The molecule has 1 saturated carbocycles. The van der Waals surface area contributed by atoms with Crippen molar-refractivity contribution in [2.75, 3.05) is 19.6 Å². The van der Waals surface area contributed by atoms with Crippen LogP contribution >= 0.6 is 0 Å². The van der Waals surface area contributed by atoms with Crippen LogP contribution in [-0.4, -0.2) is 30.6 Å². The molecule has 0 aromatic carbocycles. The van der Waals surface area contributed by atoms with E-state index in [2.05, 4.69) is 11.8 Å². The summed E-state index contributed by atoms with van der Waals surface area (Å²) in [6.45, 7) is 5.82. The van der Waals surface area contributed by atoms with Gasteiger partial charge in [0.25, 0.3) is 0 Å². The van der Waals surface area contributed by atoms with Gasteiger partial charge in [0.2, 0.25) is 0 Å². The number of likely N-dealkylation sites (tertiary alicyclic amines) is 1. The molecular formula is C13H26N2. The SMILES string of the molecule is CC1CC(CN)CN1CCC1CCCC1. The molecule has 1 heterocycles. The summed E-state index contributed by atoms with van der Waals surface area (Å²) in [6.07, 6.45) is 8.69. The smallest absolute Gasteiger partial charge is 0.00706 e. The van der Waals surface area contributed by atoms with Gasteiger partial charge in [0, 0.05) is 12.6 Å². The van der Waals surface area contributed by atoms with E-state index in [9.17, 15) is 0 Å². The van der Waals surface area contributed by atoms with Gasteiger partial charge < -0.3 is 10.6 Å². The van der Waals surface area contributed by atoms with E-state index in [1.165, 1.54) is 51.6 Å². The highest BCUT2D eigenvalue weighted by atomic mass is 15.2. The van der Waals surface area contributed by atoms with Gasteiger partial charge in [0.1, 0.15) is 0 Å². The molecule has 2 rings (SSSR count). The van der Waals surface area contributed by atoms with Crippen molar-refractivity contribution in [1.29, 1.82) is 0 Å². The van der Waals surface area contributed by atoms with Crippen molar-refractivity contribution in [3.8, 4) is 0 Å². The van der Waals surface area contributed by atoms with Crippen LogP contribution in [0.4, 0.5) is 0 Å². The number of hydrogen-bond donors (Lipinski definition) is 1. The summed E-state index contributed by atoms with van der Waals surface area (Å²) >= 11 is 0. The average molecular weight is 210 g/mol. The first-order valence-electron chi connectivity index (χ1n) is 6.73. The minimum Gasteiger partial charge on any atom is -0.330 e. The van der Waals surface area contributed by atoms with Crippen LogP contribution in [0, 0.1) is 11.8 Å². The highest BCUT2D eigenvalue weighted by Crippen LogP contribution is 2.29. The van der Waals surface area contributed by atoms with E-state index in [-0.39, 0.29) is 0 Å². The fourth-order valence-corrected chi connectivity index (χ4v) is 3.35. The summed E-state index contributed by atoms with van der Waals surface area (Å²) < 4.78 is 0. The molecule has 2 nitrogen and oxygen atoms in total. The first-order valence-corrected chi connectivity index (χ1v) is 6.73. The van der Waals surface area contributed by atoms with Crippen molar-refractivity contribution in [3.05, 3.63) is 0 Å². The molecule has 2 N–H and O–H groups in total. The standard InChI is InChI=1S/C13H26N2/c1-11-8-13(9-14)10-15(11)7-6-12-4-2-3-5-12/h11-13H,2-10,14H2,1H3. The third kappa shape index (κ3) is 2.94. The molecule has 0 amide bonds. The lowest BCUT2D eigenvalue weighted by atomic mass is 10.0. The van der Waals surface area contributed by atoms with E-state index in [0.717, 1.165) is 24.4 Å². The van der Waals surface area contributed by atoms with Crippen LogP contribution in [0.3, 0.4) is 0 Å². The van der Waals surface area contributed by atoms with E-state index >= 15 is 0 Å². The quantitative estimate of drug-likeness (QED) is 0.771. The lowest BCUT2D eigenvalue weighted by Crippen LogP contribution is -2.29. The zero-order chi connectivity index (χ0) is 10.7. The maximum absolute atomic E-state index is 5.75. The van der Waals surface area contributed by atoms with Gasteiger partial charge in [0.15, 0.2) is 0 Å². The number of hydrogen-bond acceptors (Lipinski definition) is 2. The van der Waals surface area contributed by atoms with Crippen LogP contribution in [0.25, 0.3) is 0 Å². The summed E-state index contributed by atoms with van der Waals surface area (Å²) in [6, 6.07) is 0.778. The van der Waals surface area contributed by atoms with Crippen LogP contribution < -0.4 is 5.73 Å². The van der Waals surface area contributed by atoms with Gasteiger partial charge in [-0.1, -0.05) is 25.7 Å². The lowest BCUT2D eigenvalue weighted by molar-refractivity contribution is 0.243. The molecule has 1 saturated heterocycles. The number of nitrogens with zero attached hydrogens (tertiary/aromatic N) is 1. The first-order chi connectivity index (χ1) is 7.29. The van der Waals surface area contributed by atoms with E-state index in [1.807, 2.05) is 0 Å². The summed E-state index contributed by atoms with van der Waals surface area (Å²) in [5.41, 5.74) is 5.75. The van der Waals surface area contributed by atoms with Gasteiger partial charge in [0.05, 0.1) is 0 Å². The van der Waals surface area contributed by atoms with Crippen LogP contribution in [-0.2, 0) is 0 Å². The molecule has 1 aliphatic carbocycles. The molecule has 0 bridgehead atoms. The Labute approximate surface area is 94.2 Å². The minimum absolute atomic E-state index is 0.767. The maximum atomic E-state index is 5.75. The molecule has 15 heavy (non-hydrogen) atoms. The number of nitrogens with two attached hydrogens (primary N) is 1. The average Bonchev–Trinajstić information content (AvgIpc) is 2.84. The molecule has 2 fully saturated rings. The van der Waals surface area contributed by atoms with Gasteiger partial charge in [-0.05, 0) is 44.7 Å². The molecule has 2 atom stereocenters. The zero-order valence-corrected chi connectivity index (χ0v) is 10.1. The van der Waals surface area contributed by atoms with Crippen molar-refractivity contribution in [3.63, 3.8) is 0 Å². The summed E-state index contributed by atoms with van der Waals surface area (Å²) in [5, 5.41) is 0. The summed E-state index contributed by atoms with van der Waals surface area (Å²) in [7, 11) is 0. The molecule has 0 aromatic heterocycles. The monoisotopic (exact) mass is 210 g/mol. The molecule has 2 aliphatic rings. The van der Waals surface area contributed by atoms with Gasteiger partial charge in [-0.25, -0.2) is 0 Å². The van der Waals surface area contributed by atoms with Crippen LogP contribution in [0.1, 0.15) is 45.4 Å². The minimum atomic E-state index is 0.767. The molecule has 2 heteroatoms. The highest BCUT2D eigenvalue weighted by Gasteiger charge is 2.28. The Balaban J connectivity index is 1.70. The Kier molecular flexibility index (Phi) is 4.04. The third-order valence-electron chi connectivity index (χ3n) is 4.42. The maximum Gasteiger partial charge on any atom is 0.00706 e. The Hall–Kier alpha value is -0.0800. The molecule has 0 spiro atoms. The number of rotatable bonds is 4. The van der Waals surface area contributed by atoms with Crippen molar-refractivity contribution in [1.82, 2.24) is 4.90 Å². The predicted molar refractivity (Wildman–Crippen MR) is 64.8 cm³/mol. The van der Waals surface area contributed by atoms with Gasteiger partial charge in [-0.2, -0.15) is 0 Å². The Bertz CT molecular complexity index is 187. The Morgan fingerprint density at radius 1 is 1.20 bits per heavy atom. The second kappa shape index (κ2) is 5.31. The van der Waals surface area contributed by atoms with Gasteiger partial charge in [-0.15, -0.1) is 0 Å². The van der Waals surface area contributed by atoms with E-state index in [0.29, 0.717) is 0 Å². The van der Waals surface area contributed by atoms with Crippen molar-refractivity contribution in [2.45, 2.75) is 51.5 Å². The second-order valence-electron chi connectivity index (χ2n) is 5.62. The molecular weight excluding hydrogens is 184 g/mol. The lowest BCUT2D eigenvalue weighted by Gasteiger charge is -2.22. The highest BCUT2D eigenvalue weighted by molar-refractivity contribution is 4.83. The van der Waals surface area contributed by atoms with E-state index < -0.39 is 0 Å². The second-order valence-corrected chi connectivity index (χ2v) is 5.62. The Morgan fingerprint density at radius 3 is 2.53 bits per heavy atom. The molecule has 0 aromatic rings. The van der Waals surface area contributed by atoms with E-state index in [1.54, 1.807) is 0 Å². The van der Waals surface area contributed by atoms with Crippen molar-refractivity contribution in [2.24, 2.45) is 17.6 Å². The van der Waals surface area contributed by atoms with Crippen LogP contribution in [0.15, 0.2) is 0 Å². The molecule has 88 valence electrons. The largest absolute Gasteiger partial charge is 0.330 e. The van der Waals surface area contributed by atoms with Crippen molar-refractivity contribution < 1.29 is 0 Å². The van der Waals surface area contributed by atoms with Crippen molar-refractivity contribution >= 4 is 0 Å². The van der Waals surface area contributed by atoms with Crippen LogP contribution in [0.5, 0.6) is 0 Å². The fraction of sp³-hybridized carbons (Fsp3) is 1.00. The molecule has 0 radical (unpaired) electrons. The topological polar surface area (TPSA) is 29.3 Å². The third-order valence-corrected chi connectivity index (χ3v) is 4.42. The van der Waals surface area contributed by atoms with Gasteiger partial charge in [-0.3, -0.25) is 0 Å². The summed E-state index contributed by atoms with van der Waals surface area (Å²) in [4.78, 5) is 2.66. The molecule has 2 unspecified atom stereocenters. The van der Waals surface area contributed by atoms with E-state index in [4.69, 9.17) is 5.73 Å². The Morgan fingerprint density at radius 2 is 1.93 bits per heavy atom. The van der Waals surface area contributed by atoms with Gasteiger partial charge >= 0.3 is 0 Å². The molecule has 1 aliphatic heterocycles.